The van der Waals surface area contributed by atoms with Crippen LogP contribution in [0.15, 0.2) is 67.0 Å². The molecule has 116 valence electrons. The van der Waals surface area contributed by atoms with Gasteiger partial charge in [-0.2, -0.15) is 5.26 Å². The van der Waals surface area contributed by atoms with Crippen molar-refractivity contribution in [2.45, 2.75) is 0 Å². The van der Waals surface area contributed by atoms with Crippen LogP contribution in [0.25, 0.3) is 11.1 Å². The average Bonchev–Trinajstić information content (AvgIpc) is 2.63. The minimum atomic E-state index is -0.348. The number of nitriles is 1. The first kappa shape index (κ1) is 15.7. The van der Waals surface area contributed by atoms with Gasteiger partial charge in [0.2, 0.25) is 0 Å². The lowest BCUT2D eigenvalue weighted by molar-refractivity contribution is 0.102. The molecular weight excluding hydrogens is 322 g/mol. The van der Waals surface area contributed by atoms with E-state index in [2.05, 4.69) is 10.3 Å². The summed E-state index contributed by atoms with van der Waals surface area (Å²) in [6.45, 7) is 0. The molecule has 1 aromatic heterocycles. The second kappa shape index (κ2) is 6.95. The van der Waals surface area contributed by atoms with Crippen LogP contribution in [0.3, 0.4) is 0 Å². The maximum Gasteiger partial charge on any atom is 0.257 e. The molecule has 0 saturated heterocycles. The van der Waals surface area contributed by atoms with Crippen molar-refractivity contribution in [3.05, 3.63) is 83.1 Å². The van der Waals surface area contributed by atoms with E-state index < -0.39 is 0 Å². The number of halogens is 1. The smallest absolute Gasteiger partial charge is 0.257 e. The summed E-state index contributed by atoms with van der Waals surface area (Å²) in [5, 5.41) is 12.3. The van der Waals surface area contributed by atoms with Gasteiger partial charge >= 0.3 is 0 Å². The van der Waals surface area contributed by atoms with Crippen LogP contribution in [0.4, 0.5) is 5.69 Å². The van der Waals surface area contributed by atoms with E-state index in [-0.39, 0.29) is 5.91 Å². The molecule has 0 bridgehead atoms. The van der Waals surface area contributed by atoms with E-state index in [1.807, 2.05) is 36.4 Å². The van der Waals surface area contributed by atoms with Crippen LogP contribution in [-0.4, -0.2) is 10.9 Å². The largest absolute Gasteiger partial charge is 0.321 e. The van der Waals surface area contributed by atoms with Crippen LogP contribution in [0.2, 0.25) is 5.02 Å². The van der Waals surface area contributed by atoms with Crippen molar-refractivity contribution in [2.75, 3.05) is 5.32 Å². The fourth-order valence-corrected chi connectivity index (χ4v) is 2.44. The standard InChI is InChI=1S/C19H12ClN3O/c20-17-7-6-14(10-21)18(9-17)23-19(24)16-8-15(11-22-12-16)13-4-2-1-3-5-13/h1-9,11-12H,(H,23,24). The average molecular weight is 334 g/mol. The van der Waals surface area contributed by atoms with Crippen molar-refractivity contribution in [1.82, 2.24) is 4.98 Å². The molecule has 0 aliphatic rings. The van der Waals surface area contributed by atoms with Gasteiger partial charge in [0.25, 0.3) is 5.91 Å². The van der Waals surface area contributed by atoms with Crippen molar-refractivity contribution in [3.63, 3.8) is 0 Å². The van der Waals surface area contributed by atoms with Crippen molar-refractivity contribution in [3.8, 4) is 17.2 Å². The molecule has 0 radical (unpaired) electrons. The summed E-state index contributed by atoms with van der Waals surface area (Å²) in [5.41, 5.74) is 2.94. The Balaban J connectivity index is 1.89. The number of nitrogens with zero attached hydrogens (tertiary/aromatic N) is 2. The summed E-state index contributed by atoms with van der Waals surface area (Å²) in [6.07, 6.45) is 3.19. The van der Waals surface area contributed by atoms with Gasteiger partial charge in [0.15, 0.2) is 0 Å². The summed E-state index contributed by atoms with van der Waals surface area (Å²) >= 11 is 5.94. The Hall–Kier alpha value is -3.16. The first-order valence-corrected chi connectivity index (χ1v) is 7.56. The van der Waals surface area contributed by atoms with Gasteiger partial charge in [0.1, 0.15) is 6.07 Å². The summed E-state index contributed by atoms with van der Waals surface area (Å²) in [4.78, 5) is 16.6. The summed E-state index contributed by atoms with van der Waals surface area (Å²) in [6, 6.07) is 18.2. The van der Waals surface area contributed by atoms with Gasteiger partial charge < -0.3 is 5.32 Å². The molecule has 0 aliphatic carbocycles. The minimum Gasteiger partial charge on any atom is -0.321 e. The van der Waals surface area contributed by atoms with E-state index in [0.717, 1.165) is 11.1 Å². The molecule has 5 heteroatoms. The van der Waals surface area contributed by atoms with E-state index in [1.54, 1.807) is 30.5 Å². The molecule has 4 nitrogen and oxygen atoms in total. The molecule has 1 amide bonds. The molecule has 0 atom stereocenters. The third-order valence-electron chi connectivity index (χ3n) is 3.46. The number of benzene rings is 2. The van der Waals surface area contributed by atoms with Crippen molar-refractivity contribution >= 4 is 23.2 Å². The van der Waals surface area contributed by atoms with Gasteiger partial charge in [-0.15, -0.1) is 0 Å². The summed E-state index contributed by atoms with van der Waals surface area (Å²) in [5.74, 6) is -0.348. The zero-order valence-corrected chi connectivity index (χ0v) is 13.3. The first-order chi connectivity index (χ1) is 11.7. The Morgan fingerprint density at radius 3 is 2.58 bits per heavy atom. The maximum atomic E-state index is 12.5. The number of pyridine rings is 1. The maximum absolute atomic E-state index is 12.5. The third kappa shape index (κ3) is 3.43. The van der Waals surface area contributed by atoms with Crippen LogP contribution >= 0.6 is 11.6 Å². The predicted molar refractivity (Wildman–Crippen MR) is 93.8 cm³/mol. The van der Waals surface area contributed by atoms with Gasteiger partial charge in [-0.1, -0.05) is 41.9 Å². The first-order valence-electron chi connectivity index (χ1n) is 7.19. The summed E-state index contributed by atoms with van der Waals surface area (Å²) < 4.78 is 0. The predicted octanol–water partition coefficient (Wildman–Crippen LogP) is 4.53. The molecule has 0 unspecified atom stereocenters. The Morgan fingerprint density at radius 1 is 1.04 bits per heavy atom. The number of amides is 1. The number of hydrogen-bond donors (Lipinski definition) is 1. The molecule has 1 N–H and O–H groups in total. The van der Waals surface area contributed by atoms with E-state index in [1.165, 1.54) is 6.20 Å². The fourth-order valence-electron chi connectivity index (χ4n) is 2.26. The van der Waals surface area contributed by atoms with Crippen molar-refractivity contribution in [2.24, 2.45) is 0 Å². The van der Waals surface area contributed by atoms with Crippen LogP contribution < -0.4 is 5.32 Å². The SMILES string of the molecule is N#Cc1ccc(Cl)cc1NC(=O)c1cncc(-c2ccccc2)c1. The number of anilines is 1. The van der Waals surface area contributed by atoms with Crippen LogP contribution in [0.1, 0.15) is 15.9 Å². The molecule has 3 aromatic rings. The van der Waals surface area contributed by atoms with E-state index in [4.69, 9.17) is 16.9 Å². The van der Waals surface area contributed by atoms with Crippen LogP contribution in [-0.2, 0) is 0 Å². The highest BCUT2D eigenvalue weighted by Gasteiger charge is 2.11. The molecule has 24 heavy (non-hydrogen) atoms. The Bertz CT molecular complexity index is 933. The van der Waals surface area contributed by atoms with Gasteiger partial charge in [0, 0.05) is 23.0 Å². The molecule has 2 aromatic carbocycles. The van der Waals surface area contributed by atoms with Crippen molar-refractivity contribution in [1.29, 1.82) is 5.26 Å². The zero-order valence-electron chi connectivity index (χ0n) is 12.5. The number of aromatic nitrogens is 1. The third-order valence-corrected chi connectivity index (χ3v) is 3.69. The highest BCUT2D eigenvalue weighted by Crippen LogP contribution is 2.22. The molecular formula is C19H12ClN3O. The Labute approximate surface area is 144 Å². The topological polar surface area (TPSA) is 65.8 Å². The number of nitrogens with one attached hydrogen (secondary N) is 1. The highest BCUT2D eigenvalue weighted by atomic mass is 35.5. The number of carbonyl (C=O) groups excluding carboxylic acids is 1. The lowest BCUT2D eigenvalue weighted by atomic mass is 10.1. The molecule has 0 aliphatic heterocycles. The van der Waals surface area contributed by atoms with Gasteiger partial charge in [-0.25, -0.2) is 0 Å². The number of hydrogen-bond acceptors (Lipinski definition) is 3. The minimum absolute atomic E-state index is 0.347. The van der Waals surface area contributed by atoms with Gasteiger partial charge in [-0.3, -0.25) is 9.78 Å². The van der Waals surface area contributed by atoms with E-state index >= 15 is 0 Å². The quantitative estimate of drug-likeness (QED) is 0.766. The molecule has 1 heterocycles. The van der Waals surface area contributed by atoms with Crippen LogP contribution in [0, 0.1) is 11.3 Å². The molecule has 0 saturated carbocycles. The zero-order chi connectivity index (χ0) is 16.9. The Kier molecular flexibility index (Phi) is 4.55. The fraction of sp³-hybridized carbons (Fsp3) is 0. The second-order valence-corrected chi connectivity index (χ2v) is 5.52. The van der Waals surface area contributed by atoms with E-state index in [0.29, 0.717) is 21.8 Å². The lowest BCUT2D eigenvalue weighted by Crippen LogP contribution is -2.13. The Morgan fingerprint density at radius 2 is 1.83 bits per heavy atom. The monoisotopic (exact) mass is 333 g/mol. The number of rotatable bonds is 3. The summed E-state index contributed by atoms with van der Waals surface area (Å²) in [7, 11) is 0. The second-order valence-electron chi connectivity index (χ2n) is 5.08. The molecule has 3 rings (SSSR count). The lowest BCUT2D eigenvalue weighted by Gasteiger charge is -2.08. The normalized spacial score (nSPS) is 10.0. The van der Waals surface area contributed by atoms with Crippen LogP contribution in [0.5, 0.6) is 0 Å². The highest BCUT2D eigenvalue weighted by molar-refractivity contribution is 6.31. The van der Waals surface area contributed by atoms with Gasteiger partial charge in [-0.05, 0) is 29.8 Å². The molecule has 0 fully saturated rings. The number of carbonyl (C=O) groups is 1. The van der Waals surface area contributed by atoms with Gasteiger partial charge in [0.05, 0.1) is 16.8 Å². The van der Waals surface area contributed by atoms with E-state index in [9.17, 15) is 4.79 Å². The molecule has 0 spiro atoms. The van der Waals surface area contributed by atoms with Crippen molar-refractivity contribution < 1.29 is 4.79 Å².